The van der Waals surface area contributed by atoms with Gasteiger partial charge in [0.15, 0.2) is 6.04 Å². The van der Waals surface area contributed by atoms with Crippen molar-refractivity contribution in [1.82, 2.24) is 9.78 Å². The highest BCUT2D eigenvalue weighted by Crippen LogP contribution is 2.45. The van der Waals surface area contributed by atoms with Crippen LogP contribution in [-0.2, 0) is 0 Å². The smallest absolute Gasteiger partial charge is 0.384 e. The van der Waals surface area contributed by atoms with Crippen molar-refractivity contribution >= 4 is 40.4 Å². The number of halogens is 4. The van der Waals surface area contributed by atoms with Gasteiger partial charge in [0, 0.05) is 27.6 Å². The van der Waals surface area contributed by atoms with Gasteiger partial charge in [0.25, 0.3) is 5.91 Å². The van der Waals surface area contributed by atoms with Crippen LogP contribution in [0.15, 0.2) is 72.2 Å². The van der Waals surface area contributed by atoms with Crippen LogP contribution in [0.1, 0.15) is 51.0 Å². The third-order valence-electron chi connectivity index (χ3n) is 6.04. The van der Waals surface area contributed by atoms with Gasteiger partial charge in [-0.25, -0.2) is 4.68 Å². The van der Waals surface area contributed by atoms with Gasteiger partial charge in [-0.1, -0.05) is 48.0 Å². The fourth-order valence-corrected chi connectivity index (χ4v) is 5.25. The minimum Gasteiger partial charge on any atom is -0.384 e. The molecule has 6 nitrogen and oxygen atoms in total. The second kappa shape index (κ2) is 9.61. The highest BCUT2D eigenvalue weighted by molar-refractivity contribution is 7.10. The van der Waals surface area contributed by atoms with E-state index in [-0.39, 0.29) is 23.5 Å². The number of carbonyl (C=O) groups excluding carboxylic acids is 1. The van der Waals surface area contributed by atoms with Gasteiger partial charge in [-0.2, -0.15) is 18.3 Å². The van der Waals surface area contributed by atoms with E-state index in [1.165, 1.54) is 23.5 Å². The van der Waals surface area contributed by atoms with Gasteiger partial charge in [-0.3, -0.25) is 4.79 Å². The summed E-state index contributed by atoms with van der Waals surface area (Å²) >= 11 is 7.49. The average Bonchev–Trinajstić information content (AvgIpc) is 3.54. The number of hydrogen-bond acceptors (Lipinski definition) is 5. The van der Waals surface area contributed by atoms with E-state index < -0.39 is 30.3 Å². The van der Waals surface area contributed by atoms with E-state index in [0.29, 0.717) is 16.1 Å². The zero-order valence-corrected chi connectivity index (χ0v) is 20.1. The maximum absolute atomic E-state index is 13.9. The third kappa shape index (κ3) is 4.71. The number of aliphatic hydroxyl groups excluding tert-OH is 1. The lowest BCUT2D eigenvalue weighted by molar-refractivity contribution is -0.173. The number of rotatable bonds is 5. The fourth-order valence-electron chi connectivity index (χ4n) is 4.28. The summed E-state index contributed by atoms with van der Waals surface area (Å²) < 4.78 is 42.5. The monoisotopic (exact) mass is 532 g/mol. The van der Waals surface area contributed by atoms with Crippen LogP contribution in [0.25, 0.3) is 0 Å². The van der Waals surface area contributed by atoms with Crippen molar-refractivity contribution in [3.63, 3.8) is 0 Å². The molecule has 186 valence electrons. The standard InChI is InChI=1S/C25H20ClF3N4O2S/c26-15-8-9-18(16(11-15)22(34)14-5-2-1-3-6-14)32-24(35)17-13-30-33-21(25(27,28)29)12-19(31-23(17)33)20-7-4-10-36-20/h1-11,13,19,21-22,31,34H,12H2,(H,32,35)/t19-,21-,22+/m1/s1. The quantitative estimate of drug-likeness (QED) is 0.271. The molecule has 0 bridgehead atoms. The summed E-state index contributed by atoms with van der Waals surface area (Å²) in [5, 5.41) is 22.8. The van der Waals surface area contributed by atoms with Gasteiger partial charge in [0.05, 0.1) is 12.2 Å². The number of nitrogens with one attached hydrogen (secondary N) is 2. The Labute approximate surface area is 213 Å². The van der Waals surface area contributed by atoms with Gasteiger partial charge >= 0.3 is 6.18 Å². The molecule has 0 fully saturated rings. The zero-order chi connectivity index (χ0) is 25.4. The highest BCUT2D eigenvalue weighted by Gasteiger charge is 2.47. The number of anilines is 2. The second-order valence-corrected chi connectivity index (χ2v) is 9.77. The molecule has 4 aromatic rings. The topological polar surface area (TPSA) is 79.2 Å². The Hall–Kier alpha value is -3.34. The van der Waals surface area contributed by atoms with Gasteiger partial charge in [0.1, 0.15) is 17.5 Å². The van der Waals surface area contributed by atoms with Crippen LogP contribution in [0, 0.1) is 0 Å². The van der Waals surface area contributed by atoms with Crippen LogP contribution in [0.3, 0.4) is 0 Å². The predicted octanol–water partition coefficient (Wildman–Crippen LogP) is 6.59. The number of alkyl halides is 3. The molecule has 0 aliphatic carbocycles. The van der Waals surface area contributed by atoms with Gasteiger partial charge < -0.3 is 15.7 Å². The van der Waals surface area contributed by atoms with E-state index in [4.69, 9.17) is 11.6 Å². The number of hydrogen-bond donors (Lipinski definition) is 3. The van der Waals surface area contributed by atoms with Crippen molar-refractivity contribution in [2.45, 2.75) is 30.8 Å². The number of fused-ring (bicyclic) bond motifs is 1. The van der Waals surface area contributed by atoms with Crippen molar-refractivity contribution in [2.24, 2.45) is 0 Å². The molecule has 11 heteroatoms. The van der Waals surface area contributed by atoms with Gasteiger partial charge in [-0.15, -0.1) is 11.3 Å². The number of thiophene rings is 1. The average molecular weight is 533 g/mol. The SMILES string of the molecule is O=C(Nc1ccc(Cl)cc1[C@@H](O)c1ccccc1)c1cnn2c1N[C@@H](c1cccs1)C[C@@H]2C(F)(F)F. The lowest BCUT2D eigenvalue weighted by Gasteiger charge is -2.33. The molecule has 0 saturated carbocycles. The van der Waals surface area contributed by atoms with E-state index >= 15 is 0 Å². The van der Waals surface area contributed by atoms with E-state index in [0.717, 1.165) is 15.8 Å². The molecule has 2 aromatic heterocycles. The Morgan fingerprint density at radius 3 is 2.67 bits per heavy atom. The summed E-state index contributed by atoms with van der Waals surface area (Å²) in [5.41, 5.74) is 1.17. The molecule has 0 unspecified atom stereocenters. The van der Waals surface area contributed by atoms with Crippen LogP contribution in [0.5, 0.6) is 0 Å². The molecule has 3 heterocycles. The number of amides is 1. The van der Waals surface area contributed by atoms with Crippen molar-refractivity contribution in [3.05, 3.63) is 98.8 Å². The Balaban J connectivity index is 1.48. The molecule has 1 aliphatic rings. The first-order valence-electron chi connectivity index (χ1n) is 11.0. The molecular weight excluding hydrogens is 513 g/mol. The lowest BCUT2D eigenvalue weighted by atomic mass is 9.99. The summed E-state index contributed by atoms with van der Waals surface area (Å²) in [6.45, 7) is 0. The van der Waals surface area contributed by atoms with E-state index in [1.54, 1.807) is 47.8 Å². The second-order valence-electron chi connectivity index (χ2n) is 8.36. The molecule has 3 atom stereocenters. The zero-order valence-electron chi connectivity index (χ0n) is 18.5. The summed E-state index contributed by atoms with van der Waals surface area (Å²) in [4.78, 5) is 14.0. The molecule has 2 aromatic carbocycles. The maximum atomic E-state index is 13.9. The Morgan fingerprint density at radius 2 is 1.97 bits per heavy atom. The largest absolute Gasteiger partial charge is 0.410 e. The van der Waals surface area contributed by atoms with Crippen LogP contribution >= 0.6 is 22.9 Å². The van der Waals surface area contributed by atoms with E-state index in [2.05, 4.69) is 15.7 Å². The molecule has 3 N–H and O–H groups in total. The number of aliphatic hydroxyl groups is 1. The minimum atomic E-state index is -4.55. The van der Waals surface area contributed by atoms with Crippen molar-refractivity contribution in [1.29, 1.82) is 0 Å². The highest BCUT2D eigenvalue weighted by atomic mass is 35.5. The molecule has 0 spiro atoms. The minimum absolute atomic E-state index is 0.0152. The fraction of sp³-hybridized carbons (Fsp3) is 0.200. The summed E-state index contributed by atoms with van der Waals surface area (Å²) in [6, 6.07) is 14.5. The van der Waals surface area contributed by atoms with Gasteiger partial charge in [0.2, 0.25) is 0 Å². The Morgan fingerprint density at radius 1 is 1.19 bits per heavy atom. The van der Waals surface area contributed by atoms with Crippen molar-refractivity contribution in [3.8, 4) is 0 Å². The predicted molar refractivity (Wildman–Crippen MR) is 133 cm³/mol. The van der Waals surface area contributed by atoms with Crippen LogP contribution in [0.4, 0.5) is 24.7 Å². The van der Waals surface area contributed by atoms with Crippen molar-refractivity contribution in [2.75, 3.05) is 10.6 Å². The van der Waals surface area contributed by atoms with Gasteiger partial charge in [-0.05, 0) is 35.2 Å². The number of carbonyl (C=O) groups is 1. The number of aromatic nitrogens is 2. The number of nitrogens with zero attached hydrogens (tertiary/aromatic N) is 2. The van der Waals surface area contributed by atoms with E-state index in [1.807, 2.05) is 6.07 Å². The normalized spacial score (nSPS) is 18.2. The molecule has 36 heavy (non-hydrogen) atoms. The van der Waals surface area contributed by atoms with Crippen LogP contribution < -0.4 is 10.6 Å². The Kier molecular flexibility index (Phi) is 6.50. The molecule has 1 aliphatic heterocycles. The first-order valence-corrected chi connectivity index (χ1v) is 12.3. The summed E-state index contributed by atoms with van der Waals surface area (Å²) in [7, 11) is 0. The maximum Gasteiger partial charge on any atom is 0.410 e. The van der Waals surface area contributed by atoms with Crippen LogP contribution in [0.2, 0.25) is 5.02 Å². The summed E-state index contributed by atoms with van der Waals surface area (Å²) in [6.07, 6.45) is -4.76. The lowest BCUT2D eigenvalue weighted by Crippen LogP contribution is -2.36. The molecule has 5 rings (SSSR count). The van der Waals surface area contributed by atoms with Crippen LogP contribution in [-0.4, -0.2) is 27.0 Å². The first-order chi connectivity index (χ1) is 17.2. The third-order valence-corrected chi connectivity index (χ3v) is 7.26. The summed E-state index contributed by atoms with van der Waals surface area (Å²) in [5.74, 6) is -0.682. The number of benzene rings is 2. The van der Waals surface area contributed by atoms with E-state index in [9.17, 15) is 23.1 Å². The first kappa shape index (κ1) is 24.4. The Bertz CT molecular complexity index is 1380. The molecule has 1 amide bonds. The molecule has 0 saturated heterocycles. The molecular formula is C25H20ClF3N4O2S. The molecule has 0 radical (unpaired) electrons. The van der Waals surface area contributed by atoms with Crippen molar-refractivity contribution < 1.29 is 23.1 Å².